The normalized spacial score (nSPS) is 15.9. The van der Waals surface area contributed by atoms with Gasteiger partial charge in [-0.15, -0.1) is 23.5 Å². The summed E-state index contributed by atoms with van der Waals surface area (Å²) < 4.78 is 5.80. The van der Waals surface area contributed by atoms with Gasteiger partial charge in [-0.3, -0.25) is 0 Å². The largest absolute Gasteiger partial charge is 0.489 e. The Hall–Kier alpha value is -1.83. The number of aliphatic hydroxyl groups excluding tert-OH is 1. The number of rotatable bonds is 12. The molecule has 2 aromatic carbocycles. The van der Waals surface area contributed by atoms with Crippen LogP contribution < -0.4 is 9.64 Å². The van der Waals surface area contributed by atoms with Gasteiger partial charge in [-0.25, -0.2) is 4.79 Å². The number of benzene rings is 2. The lowest BCUT2D eigenvalue weighted by atomic mass is 9.79. The highest BCUT2D eigenvalue weighted by atomic mass is 32.2. The molecule has 1 unspecified atom stereocenters. The second kappa shape index (κ2) is 12.8. The Labute approximate surface area is 212 Å². The Bertz CT molecular complexity index is 930. The molecule has 186 valence electrons. The van der Waals surface area contributed by atoms with Crippen molar-refractivity contribution in [2.75, 3.05) is 30.1 Å². The van der Waals surface area contributed by atoms with E-state index in [1.165, 1.54) is 49.9 Å². The van der Waals surface area contributed by atoms with Crippen LogP contribution in [0.5, 0.6) is 5.75 Å². The third-order valence-electron chi connectivity index (χ3n) is 6.43. The number of carboxylic acid groups (broad SMARTS) is 1. The minimum absolute atomic E-state index is 0.214. The van der Waals surface area contributed by atoms with E-state index in [2.05, 4.69) is 55.1 Å². The third kappa shape index (κ3) is 6.64. The molecule has 2 aromatic rings. The van der Waals surface area contributed by atoms with Gasteiger partial charge in [-0.1, -0.05) is 57.7 Å². The maximum absolute atomic E-state index is 11.1. The topological polar surface area (TPSA) is 70.0 Å². The molecule has 34 heavy (non-hydrogen) atoms. The molecular formula is C27H37NO4S2. The van der Waals surface area contributed by atoms with Crippen molar-refractivity contribution in [2.45, 2.75) is 68.3 Å². The van der Waals surface area contributed by atoms with Crippen molar-refractivity contribution in [1.29, 1.82) is 0 Å². The number of hydrogen-bond donors (Lipinski definition) is 2. The van der Waals surface area contributed by atoms with Gasteiger partial charge in [-0.05, 0) is 48.8 Å². The Kier molecular flexibility index (Phi) is 10.0. The number of thioether (sulfide) groups is 2. The molecule has 0 fully saturated rings. The molecule has 2 N–H and O–H groups in total. The van der Waals surface area contributed by atoms with E-state index in [-0.39, 0.29) is 12.0 Å². The van der Waals surface area contributed by atoms with Crippen LogP contribution in [0.25, 0.3) is 0 Å². The second-order valence-electron chi connectivity index (χ2n) is 9.05. The molecule has 3 rings (SSSR count). The van der Waals surface area contributed by atoms with Crippen LogP contribution in [0.1, 0.15) is 52.4 Å². The standard InChI is InChI=1S/C27H37NO4S2/c1-4-6-13-27(14-7-5-2)18-28(20-11-9-8-10-12-20)21-15-25(33-3)23(16-24(21)34-19-27)32-17-22(29)26(30)31/h8-12,15-16,22,29H,4-7,13-14,17-19H2,1-3H3,(H,30,31). The smallest absolute Gasteiger partial charge is 0.336 e. The Morgan fingerprint density at radius 2 is 1.85 bits per heavy atom. The Balaban J connectivity index is 2.04. The van der Waals surface area contributed by atoms with Crippen LogP contribution in [0.3, 0.4) is 0 Å². The van der Waals surface area contributed by atoms with Crippen molar-refractivity contribution in [3.63, 3.8) is 0 Å². The van der Waals surface area contributed by atoms with E-state index in [1.807, 2.05) is 24.1 Å². The molecule has 1 atom stereocenters. The molecule has 0 saturated carbocycles. The number of para-hydroxylation sites is 1. The zero-order valence-corrected chi connectivity index (χ0v) is 22.1. The molecule has 0 aromatic heterocycles. The Morgan fingerprint density at radius 1 is 1.18 bits per heavy atom. The zero-order valence-electron chi connectivity index (χ0n) is 20.5. The molecule has 0 amide bonds. The Morgan fingerprint density at radius 3 is 2.44 bits per heavy atom. The van der Waals surface area contributed by atoms with Gasteiger partial charge in [0.1, 0.15) is 12.4 Å². The van der Waals surface area contributed by atoms with Crippen molar-refractivity contribution in [1.82, 2.24) is 0 Å². The van der Waals surface area contributed by atoms with E-state index in [9.17, 15) is 9.90 Å². The summed E-state index contributed by atoms with van der Waals surface area (Å²) in [5.41, 5.74) is 2.57. The maximum atomic E-state index is 11.1. The molecule has 1 heterocycles. The predicted molar refractivity (Wildman–Crippen MR) is 143 cm³/mol. The molecular weight excluding hydrogens is 466 g/mol. The van der Waals surface area contributed by atoms with Gasteiger partial charge >= 0.3 is 5.97 Å². The van der Waals surface area contributed by atoms with Crippen molar-refractivity contribution in [3.8, 4) is 5.75 Å². The third-order valence-corrected chi connectivity index (χ3v) is 8.59. The number of ether oxygens (including phenoxy) is 1. The minimum Gasteiger partial charge on any atom is -0.489 e. The van der Waals surface area contributed by atoms with Gasteiger partial charge in [-0.2, -0.15) is 0 Å². The molecule has 0 saturated heterocycles. The summed E-state index contributed by atoms with van der Waals surface area (Å²) in [5, 5.41) is 18.7. The molecule has 5 nitrogen and oxygen atoms in total. The number of carbonyl (C=O) groups is 1. The number of carboxylic acids is 1. The van der Waals surface area contributed by atoms with Crippen LogP contribution in [-0.4, -0.2) is 47.4 Å². The van der Waals surface area contributed by atoms with Crippen molar-refractivity contribution in [3.05, 3.63) is 42.5 Å². The average Bonchev–Trinajstić information content (AvgIpc) is 3.01. The molecule has 0 radical (unpaired) electrons. The van der Waals surface area contributed by atoms with Gasteiger partial charge < -0.3 is 19.8 Å². The lowest BCUT2D eigenvalue weighted by molar-refractivity contribution is -0.148. The summed E-state index contributed by atoms with van der Waals surface area (Å²) in [6.45, 7) is 5.23. The fraction of sp³-hybridized carbons (Fsp3) is 0.519. The van der Waals surface area contributed by atoms with Gasteiger partial charge in [0.2, 0.25) is 0 Å². The number of anilines is 2. The first-order valence-corrected chi connectivity index (χ1v) is 14.3. The number of nitrogens with zero attached hydrogens (tertiary/aromatic N) is 1. The quantitative estimate of drug-likeness (QED) is 0.307. The van der Waals surface area contributed by atoms with E-state index >= 15 is 0 Å². The molecule has 0 spiro atoms. The van der Waals surface area contributed by atoms with Gasteiger partial charge in [0.05, 0.1) is 10.6 Å². The van der Waals surface area contributed by atoms with E-state index < -0.39 is 12.1 Å². The summed E-state index contributed by atoms with van der Waals surface area (Å²) in [7, 11) is 0. The zero-order chi connectivity index (χ0) is 24.6. The summed E-state index contributed by atoms with van der Waals surface area (Å²) in [6.07, 6.45) is 7.69. The van der Waals surface area contributed by atoms with E-state index in [0.29, 0.717) is 5.75 Å². The van der Waals surface area contributed by atoms with E-state index in [1.54, 1.807) is 11.8 Å². The van der Waals surface area contributed by atoms with Crippen LogP contribution >= 0.6 is 23.5 Å². The number of fused-ring (bicyclic) bond motifs is 1. The SMILES string of the molecule is CCCCC1(CCCC)CSc2cc(OCC(O)C(=O)O)c(SC)cc2N(c2ccccc2)C1. The highest BCUT2D eigenvalue weighted by Gasteiger charge is 2.36. The van der Waals surface area contributed by atoms with Crippen LogP contribution in [-0.2, 0) is 4.79 Å². The monoisotopic (exact) mass is 503 g/mol. The van der Waals surface area contributed by atoms with Crippen LogP contribution in [0, 0.1) is 5.41 Å². The van der Waals surface area contributed by atoms with Gasteiger partial charge in [0, 0.05) is 22.9 Å². The lowest BCUT2D eigenvalue weighted by Crippen LogP contribution is -2.36. The van der Waals surface area contributed by atoms with Crippen molar-refractivity contribution >= 4 is 40.9 Å². The first kappa shape index (κ1) is 26.8. The molecule has 1 aliphatic heterocycles. The number of unbranched alkanes of at least 4 members (excludes halogenated alkanes) is 2. The fourth-order valence-electron chi connectivity index (χ4n) is 4.44. The van der Waals surface area contributed by atoms with Crippen molar-refractivity contribution < 1.29 is 19.7 Å². The van der Waals surface area contributed by atoms with E-state index in [4.69, 9.17) is 9.84 Å². The summed E-state index contributed by atoms with van der Waals surface area (Å²) >= 11 is 3.45. The summed E-state index contributed by atoms with van der Waals surface area (Å²) in [4.78, 5) is 15.6. The number of aliphatic hydroxyl groups is 1. The first-order chi connectivity index (χ1) is 16.4. The summed E-state index contributed by atoms with van der Waals surface area (Å²) in [6, 6.07) is 14.8. The number of aliphatic carboxylic acids is 1. The minimum atomic E-state index is -1.54. The molecule has 7 heteroatoms. The molecule has 0 bridgehead atoms. The lowest BCUT2D eigenvalue weighted by Gasteiger charge is -2.37. The fourth-order valence-corrected chi connectivity index (χ4v) is 6.33. The second-order valence-corrected chi connectivity index (χ2v) is 10.9. The average molecular weight is 504 g/mol. The highest BCUT2D eigenvalue weighted by Crippen LogP contribution is 2.50. The molecule has 0 aliphatic carbocycles. The molecule has 1 aliphatic rings. The van der Waals surface area contributed by atoms with Gasteiger partial charge in [0.15, 0.2) is 6.10 Å². The highest BCUT2D eigenvalue weighted by molar-refractivity contribution is 7.99. The predicted octanol–water partition coefficient (Wildman–Crippen LogP) is 6.84. The van der Waals surface area contributed by atoms with Crippen molar-refractivity contribution in [2.24, 2.45) is 5.41 Å². The van der Waals surface area contributed by atoms with Crippen LogP contribution in [0.15, 0.2) is 52.3 Å². The van der Waals surface area contributed by atoms with Crippen LogP contribution in [0.2, 0.25) is 0 Å². The first-order valence-electron chi connectivity index (χ1n) is 12.1. The van der Waals surface area contributed by atoms with Gasteiger partial charge in [0.25, 0.3) is 0 Å². The number of hydrogen-bond acceptors (Lipinski definition) is 6. The van der Waals surface area contributed by atoms with Crippen LogP contribution in [0.4, 0.5) is 11.4 Å². The maximum Gasteiger partial charge on any atom is 0.336 e. The van der Waals surface area contributed by atoms with E-state index in [0.717, 1.165) is 22.1 Å². The summed E-state index contributed by atoms with van der Waals surface area (Å²) in [5.74, 6) is 0.391.